The van der Waals surface area contributed by atoms with Crippen molar-refractivity contribution in [1.29, 1.82) is 0 Å². The van der Waals surface area contributed by atoms with Gasteiger partial charge in [0.1, 0.15) is 5.82 Å². The van der Waals surface area contributed by atoms with Crippen molar-refractivity contribution in [3.05, 3.63) is 60.8 Å². The normalized spacial score (nSPS) is 15.0. The molecule has 1 aliphatic rings. The van der Waals surface area contributed by atoms with Crippen molar-refractivity contribution in [3.63, 3.8) is 0 Å². The molecule has 5 nitrogen and oxygen atoms in total. The summed E-state index contributed by atoms with van der Waals surface area (Å²) in [6.45, 7) is 3.97. The van der Waals surface area contributed by atoms with E-state index in [4.69, 9.17) is 9.72 Å². The second kappa shape index (κ2) is 7.82. The van der Waals surface area contributed by atoms with Crippen LogP contribution in [0, 0.1) is 5.92 Å². The van der Waals surface area contributed by atoms with Gasteiger partial charge in [-0.2, -0.15) is 0 Å². The zero-order chi connectivity index (χ0) is 20.5. The second-order valence-corrected chi connectivity index (χ2v) is 7.87. The maximum absolute atomic E-state index is 12.0. The highest BCUT2D eigenvalue weighted by Gasteiger charge is 2.26. The number of esters is 1. The molecule has 0 unspecified atom stereocenters. The van der Waals surface area contributed by atoms with Gasteiger partial charge in [0.05, 0.1) is 18.0 Å². The lowest BCUT2D eigenvalue weighted by molar-refractivity contribution is -0.148. The number of fused-ring (bicyclic) bond motifs is 2. The summed E-state index contributed by atoms with van der Waals surface area (Å²) in [6.07, 6.45) is 3.61. The number of nitrogens with zero attached hydrogens (tertiary/aromatic N) is 2. The van der Waals surface area contributed by atoms with Gasteiger partial charge in [0.25, 0.3) is 0 Å². The van der Waals surface area contributed by atoms with Gasteiger partial charge in [0.2, 0.25) is 0 Å². The van der Waals surface area contributed by atoms with E-state index in [2.05, 4.69) is 64.5 Å². The minimum atomic E-state index is -0.0611. The monoisotopic (exact) mass is 399 g/mol. The van der Waals surface area contributed by atoms with Gasteiger partial charge in [0, 0.05) is 30.2 Å². The van der Waals surface area contributed by atoms with Crippen LogP contribution in [0.5, 0.6) is 0 Å². The molecular formula is C25H25N3O2. The van der Waals surface area contributed by atoms with E-state index in [1.807, 2.05) is 13.1 Å². The molecule has 0 aliphatic carbocycles. The molecule has 0 amide bonds. The molecular weight excluding hydrogens is 374 g/mol. The molecule has 1 aliphatic heterocycles. The van der Waals surface area contributed by atoms with Gasteiger partial charge in [0.15, 0.2) is 0 Å². The number of benzene rings is 2. The third-order valence-electron chi connectivity index (χ3n) is 6.00. The van der Waals surface area contributed by atoms with Crippen molar-refractivity contribution in [2.45, 2.75) is 19.8 Å². The van der Waals surface area contributed by atoms with Crippen molar-refractivity contribution >= 4 is 33.6 Å². The van der Waals surface area contributed by atoms with Gasteiger partial charge in [-0.1, -0.05) is 12.1 Å². The molecule has 0 radical (unpaired) electrons. The summed E-state index contributed by atoms with van der Waals surface area (Å²) in [6, 6.07) is 19.3. The van der Waals surface area contributed by atoms with Crippen LogP contribution in [-0.4, -0.2) is 35.6 Å². The Kier molecular flexibility index (Phi) is 4.87. The first kappa shape index (κ1) is 18.7. The topological polar surface area (TPSA) is 58.2 Å². The first-order valence-electron chi connectivity index (χ1n) is 10.6. The molecule has 30 heavy (non-hydrogen) atoms. The van der Waals surface area contributed by atoms with Crippen LogP contribution < -0.4 is 4.90 Å². The van der Waals surface area contributed by atoms with E-state index < -0.39 is 0 Å². The standard InChI is InChI=1S/C25H25N3O2/c1-2-30-25(29)17-10-13-28(14-11-17)24-8-5-20-15-19(4-7-23(20)27-24)18-3-6-22-21(16-18)9-12-26-22/h3-9,12,15-17,26H,2,10-11,13-14H2,1H3. The molecule has 1 fully saturated rings. The first-order valence-corrected chi connectivity index (χ1v) is 10.6. The smallest absolute Gasteiger partial charge is 0.309 e. The molecule has 0 spiro atoms. The van der Waals surface area contributed by atoms with E-state index >= 15 is 0 Å². The second-order valence-electron chi connectivity index (χ2n) is 7.87. The molecule has 1 N–H and O–H groups in total. The number of rotatable bonds is 4. The molecule has 4 aromatic rings. The Bertz CT molecular complexity index is 1210. The average Bonchev–Trinajstić information content (AvgIpc) is 3.26. The SMILES string of the molecule is CCOC(=O)C1CCN(c2ccc3cc(-c4ccc5[nH]ccc5c4)ccc3n2)CC1. The minimum absolute atomic E-state index is 0.0154. The van der Waals surface area contributed by atoms with E-state index in [9.17, 15) is 4.79 Å². The van der Waals surface area contributed by atoms with Gasteiger partial charge in [-0.15, -0.1) is 0 Å². The fourth-order valence-electron chi connectivity index (χ4n) is 4.31. The molecule has 2 aromatic carbocycles. The third kappa shape index (κ3) is 3.52. The highest BCUT2D eigenvalue weighted by molar-refractivity contribution is 5.89. The predicted octanol–water partition coefficient (Wildman–Crippen LogP) is 5.16. The van der Waals surface area contributed by atoms with Gasteiger partial charge >= 0.3 is 5.97 Å². The van der Waals surface area contributed by atoms with Gasteiger partial charge in [-0.05, 0) is 78.7 Å². The van der Waals surface area contributed by atoms with Crippen LogP contribution in [0.1, 0.15) is 19.8 Å². The molecule has 0 saturated carbocycles. The number of H-pyrrole nitrogens is 1. The first-order chi connectivity index (χ1) is 14.7. The summed E-state index contributed by atoms with van der Waals surface area (Å²) in [5.74, 6) is 0.932. The molecule has 0 atom stereocenters. The predicted molar refractivity (Wildman–Crippen MR) is 121 cm³/mol. The Balaban J connectivity index is 1.35. The fraction of sp³-hybridized carbons (Fsp3) is 0.280. The van der Waals surface area contributed by atoms with Crippen LogP contribution >= 0.6 is 0 Å². The van der Waals surface area contributed by atoms with Gasteiger partial charge < -0.3 is 14.6 Å². The lowest BCUT2D eigenvalue weighted by atomic mass is 9.97. The summed E-state index contributed by atoms with van der Waals surface area (Å²) in [4.78, 5) is 22.4. The lowest BCUT2D eigenvalue weighted by Gasteiger charge is -2.31. The molecule has 2 aromatic heterocycles. The minimum Gasteiger partial charge on any atom is -0.466 e. The van der Waals surface area contributed by atoms with Crippen LogP contribution in [0.4, 0.5) is 5.82 Å². The van der Waals surface area contributed by atoms with E-state index in [0.29, 0.717) is 6.61 Å². The molecule has 1 saturated heterocycles. The van der Waals surface area contributed by atoms with Crippen molar-refractivity contribution in [2.24, 2.45) is 5.92 Å². The quantitative estimate of drug-likeness (QED) is 0.482. The number of ether oxygens (including phenoxy) is 1. The van der Waals surface area contributed by atoms with Crippen LogP contribution in [-0.2, 0) is 9.53 Å². The average molecular weight is 399 g/mol. The van der Waals surface area contributed by atoms with Crippen molar-refractivity contribution < 1.29 is 9.53 Å². The molecule has 5 rings (SSSR count). The number of aromatic nitrogens is 2. The third-order valence-corrected chi connectivity index (χ3v) is 6.00. The maximum atomic E-state index is 12.0. The zero-order valence-corrected chi connectivity index (χ0v) is 17.1. The molecule has 3 heterocycles. The number of hydrogen-bond donors (Lipinski definition) is 1. The zero-order valence-electron chi connectivity index (χ0n) is 17.1. The van der Waals surface area contributed by atoms with Gasteiger partial charge in [-0.3, -0.25) is 4.79 Å². The number of carbonyl (C=O) groups is 1. The van der Waals surface area contributed by atoms with Crippen LogP contribution in [0.15, 0.2) is 60.8 Å². The highest BCUT2D eigenvalue weighted by Crippen LogP contribution is 2.29. The maximum Gasteiger partial charge on any atom is 0.309 e. The largest absolute Gasteiger partial charge is 0.466 e. The Labute approximate surface area is 175 Å². The number of piperidine rings is 1. The summed E-state index contributed by atoms with van der Waals surface area (Å²) in [7, 11) is 0. The number of anilines is 1. The van der Waals surface area contributed by atoms with E-state index in [1.165, 1.54) is 16.5 Å². The number of hydrogen-bond acceptors (Lipinski definition) is 4. The van der Waals surface area contributed by atoms with Crippen molar-refractivity contribution in [1.82, 2.24) is 9.97 Å². The summed E-state index contributed by atoms with van der Waals surface area (Å²) < 4.78 is 5.17. The van der Waals surface area contributed by atoms with Crippen LogP contribution in [0.3, 0.4) is 0 Å². The molecule has 5 heteroatoms. The number of nitrogens with one attached hydrogen (secondary N) is 1. The Morgan fingerprint density at radius 1 is 1.03 bits per heavy atom. The summed E-state index contributed by atoms with van der Waals surface area (Å²) in [5.41, 5.74) is 4.54. The molecule has 0 bridgehead atoms. The van der Waals surface area contributed by atoms with Gasteiger partial charge in [-0.25, -0.2) is 4.98 Å². The van der Waals surface area contributed by atoms with E-state index in [-0.39, 0.29) is 11.9 Å². The fourth-order valence-corrected chi connectivity index (χ4v) is 4.31. The number of aromatic amines is 1. The summed E-state index contributed by atoms with van der Waals surface area (Å²) in [5, 5.41) is 2.35. The number of carbonyl (C=O) groups excluding carboxylic acids is 1. The Hall–Kier alpha value is -3.34. The Morgan fingerprint density at radius 2 is 1.80 bits per heavy atom. The van der Waals surface area contributed by atoms with E-state index in [1.54, 1.807) is 0 Å². The number of pyridine rings is 1. The van der Waals surface area contributed by atoms with Crippen LogP contribution in [0.25, 0.3) is 32.9 Å². The van der Waals surface area contributed by atoms with Crippen LogP contribution in [0.2, 0.25) is 0 Å². The highest BCUT2D eigenvalue weighted by atomic mass is 16.5. The summed E-state index contributed by atoms with van der Waals surface area (Å²) >= 11 is 0. The Morgan fingerprint density at radius 3 is 2.60 bits per heavy atom. The van der Waals surface area contributed by atoms with E-state index in [0.717, 1.165) is 48.2 Å². The van der Waals surface area contributed by atoms with Crippen molar-refractivity contribution in [3.8, 4) is 11.1 Å². The van der Waals surface area contributed by atoms with Crippen molar-refractivity contribution in [2.75, 3.05) is 24.6 Å². The molecule has 152 valence electrons. The lowest BCUT2D eigenvalue weighted by Crippen LogP contribution is -2.37.